The van der Waals surface area contributed by atoms with Crippen molar-refractivity contribution in [2.45, 2.75) is 45.1 Å². The van der Waals surface area contributed by atoms with Gasteiger partial charge in [-0.05, 0) is 67.9 Å². The molecule has 33 heavy (non-hydrogen) atoms. The van der Waals surface area contributed by atoms with Crippen LogP contribution in [0.5, 0.6) is 0 Å². The van der Waals surface area contributed by atoms with Gasteiger partial charge in [0, 0.05) is 31.1 Å². The predicted molar refractivity (Wildman–Crippen MR) is 125 cm³/mol. The fraction of sp³-hybridized carbons (Fsp3) is 0.423. The van der Waals surface area contributed by atoms with E-state index in [0.29, 0.717) is 23.1 Å². The quantitative estimate of drug-likeness (QED) is 0.614. The lowest BCUT2D eigenvalue weighted by molar-refractivity contribution is 0.00866. The molecule has 5 rings (SSSR count). The number of nitrogens with one attached hydrogen (secondary N) is 2. The van der Waals surface area contributed by atoms with Crippen LogP contribution in [-0.2, 0) is 6.42 Å². The van der Waals surface area contributed by atoms with Gasteiger partial charge in [0.15, 0.2) is 0 Å². The third kappa shape index (κ3) is 4.24. The number of aryl methyl sites for hydroxylation is 2. The molecular formula is C26H29FN4O2. The molecule has 2 N–H and O–H groups in total. The summed E-state index contributed by atoms with van der Waals surface area (Å²) in [5.74, 6) is 0.767. The molecule has 1 aromatic heterocycles. The van der Waals surface area contributed by atoms with Crippen LogP contribution < -0.4 is 5.32 Å². The molecule has 2 amide bonds. The molecule has 172 valence electrons. The van der Waals surface area contributed by atoms with Crippen LogP contribution in [0.4, 0.5) is 4.39 Å². The average Bonchev–Trinajstić information content (AvgIpc) is 3.19. The Bertz CT molecular complexity index is 1170. The summed E-state index contributed by atoms with van der Waals surface area (Å²) in [6.07, 6.45) is 4.20. The number of nitrogens with zero attached hydrogens (tertiary/aromatic N) is 2. The monoisotopic (exact) mass is 448 g/mol. The molecule has 1 saturated carbocycles. The second-order valence-electron chi connectivity index (χ2n) is 9.53. The van der Waals surface area contributed by atoms with E-state index >= 15 is 0 Å². The summed E-state index contributed by atoms with van der Waals surface area (Å²) in [6, 6.07) is 13.1. The molecule has 2 fully saturated rings. The second-order valence-corrected chi connectivity index (χ2v) is 9.53. The number of aromatic nitrogens is 2. The number of likely N-dealkylation sites (tertiary alicyclic amines) is 1. The van der Waals surface area contributed by atoms with Crippen LogP contribution in [-0.4, -0.2) is 52.5 Å². The fourth-order valence-electron chi connectivity index (χ4n) is 5.39. The summed E-state index contributed by atoms with van der Waals surface area (Å²) in [5, 5.41) is 3.18. The topological polar surface area (TPSA) is 78.1 Å². The average molecular weight is 449 g/mol. The Balaban J connectivity index is 1.14. The van der Waals surface area contributed by atoms with Gasteiger partial charge in [-0.15, -0.1) is 0 Å². The number of rotatable bonds is 5. The van der Waals surface area contributed by atoms with Gasteiger partial charge < -0.3 is 15.2 Å². The molecule has 0 bridgehead atoms. The van der Waals surface area contributed by atoms with Crippen LogP contribution in [0.3, 0.4) is 0 Å². The van der Waals surface area contributed by atoms with Crippen LogP contribution in [0.15, 0.2) is 42.5 Å². The molecule has 7 heteroatoms. The first-order chi connectivity index (χ1) is 16.0. The van der Waals surface area contributed by atoms with E-state index in [2.05, 4.69) is 15.3 Å². The smallest absolute Gasteiger partial charge is 0.253 e. The molecule has 3 aromatic rings. The third-order valence-corrected chi connectivity index (χ3v) is 7.27. The van der Waals surface area contributed by atoms with Crippen molar-refractivity contribution in [2.75, 3.05) is 19.8 Å². The van der Waals surface area contributed by atoms with Gasteiger partial charge in [0.25, 0.3) is 11.8 Å². The second kappa shape index (κ2) is 8.61. The Kier molecular flexibility index (Phi) is 5.64. The molecule has 2 heterocycles. The van der Waals surface area contributed by atoms with Gasteiger partial charge in [-0.3, -0.25) is 14.0 Å². The zero-order valence-electron chi connectivity index (χ0n) is 18.9. The third-order valence-electron chi connectivity index (χ3n) is 7.27. The predicted octanol–water partition coefficient (Wildman–Crippen LogP) is 4.20. The number of para-hydroxylation sites is 1. The minimum absolute atomic E-state index is 0.0446. The minimum atomic E-state index is -0.388. The summed E-state index contributed by atoms with van der Waals surface area (Å²) >= 11 is 0. The van der Waals surface area contributed by atoms with E-state index < -0.39 is 0 Å². The molecule has 1 aliphatic carbocycles. The number of aromatic amines is 1. The Hall–Kier alpha value is -3.22. The van der Waals surface area contributed by atoms with Crippen LogP contribution in [0.25, 0.3) is 11.0 Å². The maximum absolute atomic E-state index is 12.9. The Morgan fingerprint density at radius 2 is 1.88 bits per heavy atom. The highest BCUT2D eigenvalue weighted by molar-refractivity contribution is 6.05. The molecule has 2 aromatic carbocycles. The van der Waals surface area contributed by atoms with E-state index in [1.54, 1.807) is 12.1 Å². The maximum Gasteiger partial charge on any atom is 0.253 e. The van der Waals surface area contributed by atoms with Crippen molar-refractivity contribution < 1.29 is 14.0 Å². The first-order valence-corrected chi connectivity index (χ1v) is 11.7. The van der Waals surface area contributed by atoms with Gasteiger partial charge >= 0.3 is 0 Å². The Labute approximate surface area is 192 Å². The highest BCUT2D eigenvalue weighted by atomic mass is 19.1. The Morgan fingerprint density at radius 3 is 2.58 bits per heavy atom. The lowest BCUT2D eigenvalue weighted by Crippen LogP contribution is -2.55. The largest absolute Gasteiger partial charge is 0.349 e. The van der Waals surface area contributed by atoms with Gasteiger partial charge in [0.05, 0.1) is 17.8 Å². The number of hydrogen-bond donors (Lipinski definition) is 2. The van der Waals surface area contributed by atoms with Gasteiger partial charge in [0.1, 0.15) is 11.3 Å². The van der Waals surface area contributed by atoms with E-state index in [4.69, 9.17) is 0 Å². The highest BCUT2D eigenvalue weighted by Crippen LogP contribution is 2.49. The standard InChI is InChI=1S/C26H29FN4O2/c1-17-28-22-4-2-3-21(23(22)29-17)24(32)30-20-15-26(16-20)10-13-31(14-11-26)25(33)19-7-5-18(6-8-19)9-12-27/h2-8,20H,9-16H2,1H3,(H,28,29)(H,30,32). The molecule has 1 saturated heterocycles. The first-order valence-electron chi connectivity index (χ1n) is 11.7. The van der Waals surface area contributed by atoms with Gasteiger partial charge in [-0.2, -0.15) is 0 Å². The van der Waals surface area contributed by atoms with Crippen molar-refractivity contribution in [1.82, 2.24) is 20.2 Å². The number of H-pyrrole nitrogens is 1. The zero-order valence-corrected chi connectivity index (χ0v) is 18.9. The summed E-state index contributed by atoms with van der Waals surface area (Å²) in [6.45, 7) is 2.97. The van der Waals surface area contributed by atoms with Crippen molar-refractivity contribution in [3.8, 4) is 0 Å². The van der Waals surface area contributed by atoms with Gasteiger partial charge in [-0.25, -0.2) is 4.98 Å². The van der Waals surface area contributed by atoms with E-state index in [1.807, 2.05) is 42.2 Å². The van der Waals surface area contributed by atoms with E-state index in [-0.39, 0.29) is 29.9 Å². The van der Waals surface area contributed by atoms with Crippen LogP contribution in [0.2, 0.25) is 0 Å². The highest BCUT2D eigenvalue weighted by Gasteiger charge is 2.47. The number of amides is 2. The van der Waals surface area contributed by atoms with E-state index in [0.717, 1.165) is 55.7 Å². The number of carbonyl (C=O) groups is 2. The van der Waals surface area contributed by atoms with E-state index in [1.165, 1.54) is 0 Å². The van der Waals surface area contributed by atoms with Crippen molar-refractivity contribution in [2.24, 2.45) is 5.41 Å². The molecule has 0 atom stereocenters. The summed E-state index contributed by atoms with van der Waals surface area (Å²) < 4.78 is 12.5. The van der Waals surface area contributed by atoms with Gasteiger partial charge in [0.2, 0.25) is 0 Å². The van der Waals surface area contributed by atoms with Crippen LogP contribution >= 0.6 is 0 Å². The number of fused-ring (bicyclic) bond motifs is 1. The lowest BCUT2D eigenvalue weighted by atomic mass is 9.60. The number of carbonyl (C=O) groups excluding carboxylic acids is 2. The molecule has 1 spiro atoms. The molecule has 1 aliphatic heterocycles. The molecule has 0 unspecified atom stereocenters. The summed E-state index contributed by atoms with van der Waals surface area (Å²) in [5.41, 5.74) is 3.98. The van der Waals surface area contributed by atoms with Crippen molar-refractivity contribution in [3.05, 3.63) is 65.0 Å². The minimum Gasteiger partial charge on any atom is -0.349 e. The summed E-state index contributed by atoms with van der Waals surface area (Å²) in [7, 11) is 0. The fourth-order valence-corrected chi connectivity index (χ4v) is 5.39. The Morgan fingerprint density at radius 1 is 1.15 bits per heavy atom. The number of hydrogen-bond acceptors (Lipinski definition) is 3. The maximum atomic E-state index is 12.9. The van der Waals surface area contributed by atoms with Crippen LogP contribution in [0, 0.1) is 12.3 Å². The number of piperidine rings is 1. The van der Waals surface area contributed by atoms with Crippen molar-refractivity contribution >= 4 is 22.8 Å². The molecular weight excluding hydrogens is 419 g/mol. The van der Waals surface area contributed by atoms with Crippen molar-refractivity contribution in [1.29, 1.82) is 0 Å². The normalized spacial score (nSPS) is 17.8. The lowest BCUT2D eigenvalue weighted by Gasteiger charge is -2.52. The number of halogens is 1. The van der Waals surface area contributed by atoms with Crippen LogP contribution in [0.1, 0.15) is 57.8 Å². The molecule has 2 aliphatic rings. The summed E-state index contributed by atoms with van der Waals surface area (Å²) in [4.78, 5) is 35.3. The number of imidazole rings is 1. The number of alkyl halides is 1. The zero-order chi connectivity index (χ0) is 23.0. The van der Waals surface area contributed by atoms with Gasteiger partial charge in [-0.1, -0.05) is 18.2 Å². The first kappa shape index (κ1) is 21.6. The van der Waals surface area contributed by atoms with E-state index in [9.17, 15) is 14.0 Å². The molecule has 0 radical (unpaired) electrons. The van der Waals surface area contributed by atoms with Crippen molar-refractivity contribution in [3.63, 3.8) is 0 Å². The molecule has 6 nitrogen and oxygen atoms in total. The SMILES string of the molecule is Cc1nc2c(C(=O)NC3CC4(CCN(C(=O)c5ccc(CCF)cc5)CC4)C3)cccc2[nH]1. The number of benzene rings is 2.